The SMILES string of the molecule is Cc1cccc(Nc2ccc(NC(=S)NCC3(c4cccc(Cl)c4)CCCC3)cn2)c1. The molecule has 0 amide bonds. The lowest BCUT2D eigenvalue weighted by Gasteiger charge is -2.30. The minimum Gasteiger partial charge on any atom is -0.362 e. The van der Waals surface area contributed by atoms with Crippen molar-refractivity contribution < 1.29 is 0 Å². The van der Waals surface area contributed by atoms with E-state index in [-0.39, 0.29) is 5.41 Å². The van der Waals surface area contributed by atoms with Crippen LogP contribution in [0.4, 0.5) is 17.2 Å². The lowest BCUT2D eigenvalue weighted by atomic mass is 9.79. The molecule has 1 fully saturated rings. The van der Waals surface area contributed by atoms with E-state index in [0.717, 1.165) is 41.6 Å². The third-order valence-corrected chi connectivity index (χ3v) is 6.38. The molecule has 0 spiro atoms. The molecular weight excluding hydrogens is 424 g/mol. The molecule has 2 aromatic carbocycles. The van der Waals surface area contributed by atoms with Crippen molar-refractivity contribution in [1.82, 2.24) is 10.3 Å². The summed E-state index contributed by atoms with van der Waals surface area (Å²) in [7, 11) is 0. The van der Waals surface area contributed by atoms with Crippen LogP contribution < -0.4 is 16.0 Å². The molecule has 0 aliphatic heterocycles. The van der Waals surface area contributed by atoms with Crippen LogP contribution in [-0.4, -0.2) is 16.6 Å². The van der Waals surface area contributed by atoms with Crippen molar-refractivity contribution in [1.29, 1.82) is 0 Å². The number of hydrogen-bond donors (Lipinski definition) is 3. The van der Waals surface area contributed by atoms with E-state index in [1.807, 2.05) is 36.4 Å². The molecular formula is C25H27ClN4S. The van der Waals surface area contributed by atoms with Crippen LogP contribution in [0.5, 0.6) is 0 Å². The fraction of sp³-hybridized carbons (Fsp3) is 0.280. The number of halogens is 1. The summed E-state index contributed by atoms with van der Waals surface area (Å²) in [4.78, 5) is 4.49. The van der Waals surface area contributed by atoms with Gasteiger partial charge in [-0.25, -0.2) is 4.98 Å². The molecule has 1 aliphatic carbocycles. The van der Waals surface area contributed by atoms with Crippen molar-refractivity contribution in [2.24, 2.45) is 0 Å². The second-order valence-electron chi connectivity index (χ2n) is 8.23. The largest absolute Gasteiger partial charge is 0.362 e. The van der Waals surface area contributed by atoms with Gasteiger partial charge in [-0.1, -0.05) is 48.7 Å². The Kier molecular flexibility index (Phi) is 6.73. The van der Waals surface area contributed by atoms with Crippen LogP contribution in [0, 0.1) is 6.92 Å². The molecule has 1 aromatic heterocycles. The molecule has 0 bridgehead atoms. The fourth-order valence-electron chi connectivity index (χ4n) is 4.27. The Hall–Kier alpha value is -2.63. The number of pyridine rings is 1. The van der Waals surface area contributed by atoms with Gasteiger partial charge in [-0.15, -0.1) is 0 Å². The highest BCUT2D eigenvalue weighted by Crippen LogP contribution is 2.41. The van der Waals surface area contributed by atoms with Gasteiger partial charge < -0.3 is 16.0 Å². The first-order valence-electron chi connectivity index (χ1n) is 10.6. The smallest absolute Gasteiger partial charge is 0.170 e. The van der Waals surface area contributed by atoms with Crippen LogP contribution in [0.2, 0.25) is 5.02 Å². The lowest BCUT2D eigenvalue weighted by Crippen LogP contribution is -2.40. The van der Waals surface area contributed by atoms with Gasteiger partial charge in [0, 0.05) is 22.7 Å². The van der Waals surface area contributed by atoms with Crippen LogP contribution in [0.3, 0.4) is 0 Å². The van der Waals surface area contributed by atoms with Crippen LogP contribution >= 0.6 is 23.8 Å². The zero-order valence-electron chi connectivity index (χ0n) is 17.6. The van der Waals surface area contributed by atoms with E-state index in [1.54, 1.807) is 6.20 Å². The molecule has 0 radical (unpaired) electrons. The molecule has 1 heterocycles. The van der Waals surface area contributed by atoms with Crippen molar-refractivity contribution in [3.05, 3.63) is 83.0 Å². The number of nitrogens with zero attached hydrogens (tertiary/aromatic N) is 1. The van der Waals surface area contributed by atoms with E-state index in [2.05, 4.69) is 52.1 Å². The third-order valence-electron chi connectivity index (χ3n) is 5.90. The highest BCUT2D eigenvalue weighted by molar-refractivity contribution is 7.80. The summed E-state index contributed by atoms with van der Waals surface area (Å²) < 4.78 is 0. The first-order valence-corrected chi connectivity index (χ1v) is 11.4. The number of anilines is 3. The van der Waals surface area contributed by atoms with Crippen molar-refractivity contribution in [3.8, 4) is 0 Å². The topological polar surface area (TPSA) is 49.0 Å². The van der Waals surface area contributed by atoms with Crippen LogP contribution in [-0.2, 0) is 5.41 Å². The Morgan fingerprint density at radius 2 is 1.84 bits per heavy atom. The van der Waals surface area contributed by atoms with Crippen molar-refractivity contribution in [3.63, 3.8) is 0 Å². The number of nitrogens with one attached hydrogen (secondary N) is 3. The molecule has 1 saturated carbocycles. The summed E-state index contributed by atoms with van der Waals surface area (Å²) in [5.41, 5.74) is 4.46. The molecule has 3 N–H and O–H groups in total. The van der Waals surface area contributed by atoms with Gasteiger partial charge in [0.1, 0.15) is 5.82 Å². The molecule has 4 nitrogen and oxygen atoms in total. The summed E-state index contributed by atoms with van der Waals surface area (Å²) >= 11 is 11.8. The van der Waals surface area contributed by atoms with Gasteiger partial charge in [0.2, 0.25) is 0 Å². The van der Waals surface area contributed by atoms with E-state index in [9.17, 15) is 0 Å². The van der Waals surface area contributed by atoms with E-state index in [4.69, 9.17) is 23.8 Å². The summed E-state index contributed by atoms with van der Waals surface area (Å²) in [6.45, 7) is 2.86. The van der Waals surface area contributed by atoms with Crippen molar-refractivity contribution in [2.75, 3.05) is 17.2 Å². The molecule has 0 saturated heterocycles. The third kappa shape index (κ3) is 5.54. The highest BCUT2D eigenvalue weighted by atomic mass is 35.5. The van der Waals surface area contributed by atoms with Crippen LogP contribution in [0.1, 0.15) is 36.8 Å². The van der Waals surface area contributed by atoms with E-state index in [1.165, 1.54) is 24.0 Å². The normalized spacial score (nSPS) is 14.8. The quantitative estimate of drug-likeness (QED) is 0.370. The molecule has 6 heteroatoms. The Morgan fingerprint density at radius 1 is 1.03 bits per heavy atom. The van der Waals surface area contributed by atoms with Gasteiger partial charge in [0.25, 0.3) is 0 Å². The van der Waals surface area contributed by atoms with E-state index < -0.39 is 0 Å². The number of rotatable bonds is 6. The van der Waals surface area contributed by atoms with E-state index >= 15 is 0 Å². The average molecular weight is 451 g/mol. The fourth-order valence-corrected chi connectivity index (χ4v) is 4.66. The van der Waals surface area contributed by atoms with Gasteiger partial charge in [0.05, 0.1) is 11.9 Å². The summed E-state index contributed by atoms with van der Waals surface area (Å²) in [5, 5.41) is 11.4. The minimum absolute atomic E-state index is 0.0798. The maximum Gasteiger partial charge on any atom is 0.170 e. The van der Waals surface area contributed by atoms with Gasteiger partial charge in [-0.2, -0.15) is 0 Å². The molecule has 1 aliphatic rings. The second kappa shape index (κ2) is 9.67. The zero-order valence-corrected chi connectivity index (χ0v) is 19.2. The van der Waals surface area contributed by atoms with Gasteiger partial charge in [-0.3, -0.25) is 0 Å². The number of aryl methyl sites for hydroxylation is 1. The van der Waals surface area contributed by atoms with Crippen LogP contribution in [0.25, 0.3) is 0 Å². The standard InChI is InChI=1S/C25H27ClN4S/c1-18-6-4-9-21(14-18)29-23-11-10-22(16-27-23)30-24(31)28-17-25(12-2-3-13-25)19-7-5-8-20(26)15-19/h4-11,14-16H,2-3,12-13,17H2,1H3,(H,27,29)(H2,28,30,31). The number of hydrogen-bond acceptors (Lipinski definition) is 3. The molecule has 3 aromatic rings. The maximum absolute atomic E-state index is 6.26. The van der Waals surface area contributed by atoms with Crippen molar-refractivity contribution >= 4 is 46.1 Å². The summed E-state index contributed by atoms with van der Waals surface area (Å²) in [6.07, 6.45) is 6.53. The predicted molar refractivity (Wildman–Crippen MR) is 135 cm³/mol. The molecule has 0 unspecified atom stereocenters. The predicted octanol–water partition coefficient (Wildman–Crippen LogP) is 6.59. The summed E-state index contributed by atoms with van der Waals surface area (Å²) in [6, 6.07) is 20.4. The Morgan fingerprint density at radius 3 is 2.55 bits per heavy atom. The second-order valence-corrected chi connectivity index (χ2v) is 9.08. The average Bonchev–Trinajstić information content (AvgIpc) is 3.24. The van der Waals surface area contributed by atoms with Gasteiger partial charge >= 0.3 is 0 Å². The van der Waals surface area contributed by atoms with Gasteiger partial charge in [0.15, 0.2) is 5.11 Å². The summed E-state index contributed by atoms with van der Waals surface area (Å²) in [5.74, 6) is 0.792. The monoisotopic (exact) mass is 450 g/mol. The minimum atomic E-state index is 0.0798. The zero-order chi connectivity index (χ0) is 21.7. The molecule has 0 atom stereocenters. The maximum atomic E-state index is 6.26. The van der Waals surface area contributed by atoms with Crippen molar-refractivity contribution in [2.45, 2.75) is 38.0 Å². The first-order chi connectivity index (χ1) is 15.0. The number of thiocarbonyl (C=S) groups is 1. The lowest BCUT2D eigenvalue weighted by molar-refractivity contribution is 0.435. The Bertz CT molecular complexity index is 1050. The molecule has 4 rings (SSSR count). The highest BCUT2D eigenvalue weighted by Gasteiger charge is 2.35. The van der Waals surface area contributed by atoms with E-state index in [0.29, 0.717) is 5.11 Å². The van der Waals surface area contributed by atoms with Crippen LogP contribution in [0.15, 0.2) is 66.9 Å². The first kappa shape index (κ1) is 21.6. The number of aromatic nitrogens is 1. The number of benzene rings is 2. The Labute approximate surface area is 194 Å². The molecule has 160 valence electrons. The molecule has 31 heavy (non-hydrogen) atoms. The Balaban J connectivity index is 1.35. The van der Waals surface area contributed by atoms with Gasteiger partial charge in [-0.05, 0) is 79.5 Å².